The van der Waals surface area contributed by atoms with Gasteiger partial charge in [0.2, 0.25) is 0 Å². The fraction of sp³-hybridized carbons (Fsp3) is 0.333. The van der Waals surface area contributed by atoms with Gasteiger partial charge < -0.3 is 9.67 Å². The Kier molecular flexibility index (Phi) is 2.26. The molecule has 1 aliphatic rings. The van der Waals surface area contributed by atoms with E-state index in [1.54, 1.807) is 12.1 Å². The van der Waals surface area contributed by atoms with E-state index in [1.165, 1.54) is 12.8 Å². The highest BCUT2D eigenvalue weighted by atomic mass is 79.9. The van der Waals surface area contributed by atoms with E-state index < -0.39 is 5.97 Å². The number of aromatic carboxylic acids is 1. The maximum absolute atomic E-state index is 11.0. The third-order valence-corrected chi connectivity index (χ3v) is 3.68. The predicted octanol–water partition coefficient (Wildman–Crippen LogP) is 3.14. The fourth-order valence-electron chi connectivity index (χ4n) is 2.20. The Balaban J connectivity index is 2.31. The maximum Gasteiger partial charge on any atom is 0.335 e. The Morgan fingerprint density at radius 1 is 1.53 bits per heavy atom. The van der Waals surface area contributed by atoms with Crippen molar-refractivity contribution < 1.29 is 9.90 Å². The SMILES string of the molecule is Cc1nc2cc(C(=O)O)cc(Br)c2n1C1CC1. The summed E-state index contributed by atoms with van der Waals surface area (Å²) in [6.07, 6.45) is 2.36. The smallest absolute Gasteiger partial charge is 0.335 e. The second kappa shape index (κ2) is 3.57. The van der Waals surface area contributed by atoms with Crippen LogP contribution in [0.2, 0.25) is 0 Å². The van der Waals surface area contributed by atoms with Crippen molar-refractivity contribution in [1.29, 1.82) is 0 Å². The van der Waals surface area contributed by atoms with Gasteiger partial charge in [-0.3, -0.25) is 0 Å². The van der Waals surface area contributed by atoms with Crippen molar-refractivity contribution >= 4 is 32.9 Å². The number of imidazole rings is 1. The summed E-state index contributed by atoms with van der Waals surface area (Å²) >= 11 is 3.45. The number of nitrogens with zero attached hydrogens (tertiary/aromatic N) is 2. The summed E-state index contributed by atoms with van der Waals surface area (Å²) < 4.78 is 3.00. The first-order chi connectivity index (χ1) is 8.08. The Labute approximate surface area is 106 Å². The molecule has 1 heterocycles. The number of rotatable bonds is 2. The second-order valence-electron chi connectivity index (χ2n) is 4.39. The van der Waals surface area contributed by atoms with Crippen LogP contribution in [0.3, 0.4) is 0 Å². The van der Waals surface area contributed by atoms with Crippen molar-refractivity contribution in [1.82, 2.24) is 9.55 Å². The molecule has 0 aliphatic heterocycles. The molecule has 0 amide bonds. The average Bonchev–Trinajstić information content (AvgIpc) is 3.01. The fourth-order valence-corrected chi connectivity index (χ4v) is 2.84. The molecule has 1 aromatic carbocycles. The van der Waals surface area contributed by atoms with Gasteiger partial charge in [0.05, 0.1) is 16.6 Å². The topological polar surface area (TPSA) is 55.1 Å². The van der Waals surface area contributed by atoms with E-state index in [-0.39, 0.29) is 5.56 Å². The number of benzene rings is 1. The summed E-state index contributed by atoms with van der Waals surface area (Å²) in [4.78, 5) is 15.4. The molecule has 0 saturated heterocycles. The Bertz CT molecular complexity index is 629. The lowest BCUT2D eigenvalue weighted by Crippen LogP contribution is -1.99. The number of fused-ring (bicyclic) bond motifs is 1. The first-order valence-corrected chi connectivity index (χ1v) is 6.28. The standard InChI is InChI=1S/C12H11BrN2O2/c1-6-14-10-5-7(12(16)17)4-9(13)11(10)15(6)8-2-3-8/h4-5,8H,2-3H2,1H3,(H,16,17). The normalized spacial score (nSPS) is 15.4. The molecular weight excluding hydrogens is 284 g/mol. The number of carboxylic acids is 1. The number of aryl methyl sites for hydroxylation is 1. The van der Waals surface area contributed by atoms with Crippen LogP contribution in [0.25, 0.3) is 11.0 Å². The molecule has 0 atom stereocenters. The molecule has 88 valence electrons. The van der Waals surface area contributed by atoms with Crippen LogP contribution in [0.4, 0.5) is 0 Å². The largest absolute Gasteiger partial charge is 0.478 e. The van der Waals surface area contributed by atoms with Gasteiger partial charge >= 0.3 is 5.97 Å². The first-order valence-electron chi connectivity index (χ1n) is 5.49. The van der Waals surface area contributed by atoms with Gasteiger partial charge in [0.15, 0.2) is 0 Å². The third-order valence-electron chi connectivity index (χ3n) is 3.07. The molecule has 2 aromatic rings. The van der Waals surface area contributed by atoms with Gasteiger partial charge in [0.25, 0.3) is 0 Å². The number of carbonyl (C=O) groups is 1. The second-order valence-corrected chi connectivity index (χ2v) is 5.25. The quantitative estimate of drug-likeness (QED) is 0.926. The van der Waals surface area contributed by atoms with Crippen LogP contribution in [0.15, 0.2) is 16.6 Å². The Hall–Kier alpha value is -1.36. The molecule has 1 saturated carbocycles. The number of aromatic nitrogens is 2. The molecule has 17 heavy (non-hydrogen) atoms. The molecule has 1 N–H and O–H groups in total. The van der Waals surface area contributed by atoms with Gasteiger partial charge in [0, 0.05) is 10.5 Å². The average molecular weight is 295 g/mol. The van der Waals surface area contributed by atoms with Crippen molar-refractivity contribution in [3.8, 4) is 0 Å². The first kappa shape index (κ1) is 10.8. The summed E-state index contributed by atoms with van der Waals surface area (Å²) in [5.41, 5.74) is 2.03. The van der Waals surface area contributed by atoms with E-state index in [4.69, 9.17) is 5.11 Å². The van der Waals surface area contributed by atoms with Crippen LogP contribution >= 0.6 is 15.9 Å². The van der Waals surface area contributed by atoms with Crippen molar-refractivity contribution in [3.05, 3.63) is 28.0 Å². The minimum Gasteiger partial charge on any atom is -0.478 e. The van der Waals surface area contributed by atoms with Crippen LogP contribution in [-0.2, 0) is 0 Å². The summed E-state index contributed by atoms with van der Waals surface area (Å²) in [6.45, 7) is 1.96. The number of halogens is 1. The zero-order valence-electron chi connectivity index (χ0n) is 9.27. The lowest BCUT2D eigenvalue weighted by Gasteiger charge is -2.06. The third kappa shape index (κ3) is 1.65. The van der Waals surface area contributed by atoms with Crippen LogP contribution < -0.4 is 0 Å². The van der Waals surface area contributed by atoms with Crippen molar-refractivity contribution in [2.24, 2.45) is 0 Å². The monoisotopic (exact) mass is 294 g/mol. The highest BCUT2D eigenvalue weighted by molar-refractivity contribution is 9.10. The van der Waals surface area contributed by atoms with Gasteiger partial charge in [-0.25, -0.2) is 9.78 Å². The zero-order chi connectivity index (χ0) is 12.2. The summed E-state index contributed by atoms with van der Waals surface area (Å²) in [7, 11) is 0. The molecule has 1 aromatic heterocycles. The molecule has 1 fully saturated rings. The number of hydrogen-bond acceptors (Lipinski definition) is 2. The Morgan fingerprint density at radius 2 is 2.24 bits per heavy atom. The van der Waals surface area contributed by atoms with Crippen LogP contribution in [0, 0.1) is 6.92 Å². The molecular formula is C12H11BrN2O2. The lowest BCUT2D eigenvalue weighted by atomic mass is 10.2. The molecule has 0 spiro atoms. The maximum atomic E-state index is 11.0. The summed E-state index contributed by atoms with van der Waals surface area (Å²) in [6, 6.07) is 3.81. The molecule has 0 bridgehead atoms. The summed E-state index contributed by atoms with van der Waals surface area (Å²) in [5, 5.41) is 9.01. The van der Waals surface area contributed by atoms with E-state index in [2.05, 4.69) is 25.5 Å². The van der Waals surface area contributed by atoms with E-state index in [0.29, 0.717) is 6.04 Å². The summed E-state index contributed by atoms with van der Waals surface area (Å²) in [5.74, 6) is 0.0250. The van der Waals surface area contributed by atoms with Gasteiger partial charge in [-0.15, -0.1) is 0 Å². The minimum atomic E-state index is -0.925. The number of carboxylic acid groups (broad SMARTS) is 1. The van der Waals surface area contributed by atoms with Crippen molar-refractivity contribution in [2.75, 3.05) is 0 Å². The van der Waals surface area contributed by atoms with E-state index >= 15 is 0 Å². The molecule has 5 heteroatoms. The van der Waals surface area contributed by atoms with Crippen molar-refractivity contribution in [3.63, 3.8) is 0 Å². The van der Waals surface area contributed by atoms with E-state index in [1.807, 2.05) is 6.92 Å². The van der Waals surface area contributed by atoms with Crippen molar-refractivity contribution in [2.45, 2.75) is 25.8 Å². The van der Waals surface area contributed by atoms with Crippen LogP contribution in [-0.4, -0.2) is 20.6 Å². The highest BCUT2D eigenvalue weighted by Crippen LogP contribution is 2.40. The minimum absolute atomic E-state index is 0.268. The van der Waals surface area contributed by atoms with E-state index in [9.17, 15) is 4.79 Å². The molecule has 3 rings (SSSR count). The molecule has 1 aliphatic carbocycles. The number of hydrogen-bond donors (Lipinski definition) is 1. The lowest BCUT2D eigenvalue weighted by molar-refractivity contribution is 0.0697. The van der Waals surface area contributed by atoms with Gasteiger partial charge in [-0.2, -0.15) is 0 Å². The van der Waals surface area contributed by atoms with Gasteiger partial charge in [-0.1, -0.05) is 0 Å². The van der Waals surface area contributed by atoms with Gasteiger partial charge in [-0.05, 0) is 47.8 Å². The Morgan fingerprint density at radius 3 is 2.82 bits per heavy atom. The molecule has 0 unspecified atom stereocenters. The van der Waals surface area contributed by atoms with E-state index in [0.717, 1.165) is 21.3 Å². The molecule has 4 nitrogen and oxygen atoms in total. The van der Waals surface area contributed by atoms with Gasteiger partial charge in [0.1, 0.15) is 5.82 Å². The molecule has 0 radical (unpaired) electrons. The van der Waals surface area contributed by atoms with Crippen LogP contribution in [0.5, 0.6) is 0 Å². The zero-order valence-corrected chi connectivity index (χ0v) is 10.9. The van der Waals surface area contributed by atoms with Crippen LogP contribution in [0.1, 0.15) is 35.1 Å². The highest BCUT2D eigenvalue weighted by Gasteiger charge is 2.28. The predicted molar refractivity (Wildman–Crippen MR) is 67.4 cm³/mol.